The summed E-state index contributed by atoms with van der Waals surface area (Å²) in [5, 5.41) is 8.95. The molecule has 94 valence electrons. The lowest BCUT2D eigenvalue weighted by atomic mass is 10.1. The molecule has 0 aromatic carbocycles. The molecule has 1 aromatic rings. The summed E-state index contributed by atoms with van der Waals surface area (Å²) >= 11 is 0. The fraction of sp³-hybridized carbons (Fsp3) is 0.583. The molecule has 5 nitrogen and oxygen atoms in total. The minimum absolute atomic E-state index is 0.0206. The van der Waals surface area contributed by atoms with Gasteiger partial charge in [-0.05, 0) is 20.3 Å². The predicted molar refractivity (Wildman–Crippen MR) is 64.5 cm³/mol. The Bertz CT molecular complexity index is 356. The largest absolute Gasteiger partial charge is 0.480 e. The molecule has 0 fully saturated rings. The average molecular weight is 237 g/mol. The number of hydrogen-bond donors (Lipinski definition) is 1. The predicted octanol–water partition coefficient (Wildman–Crippen LogP) is 1.72. The van der Waals surface area contributed by atoms with Gasteiger partial charge in [-0.3, -0.25) is 19.7 Å². The van der Waals surface area contributed by atoms with E-state index in [1.165, 1.54) is 0 Å². The average Bonchev–Trinajstić information content (AvgIpc) is 2.35. The molecule has 2 unspecified atom stereocenters. The lowest BCUT2D eigenvalue weighted by molar-refractivity contribution is -0.139. The van der Waals surface area contributed by atoms with Crippen molar-refractivity contribution in [3.8, 4) is 0 Å². The summed E-state index contributed by atoms with van der Waals surface area (Å²) in [7, 11) is 0. The van der Waals surface area contributed by atoms with Gasteiger partial charge in [0.05, 0.1) is 18.3 Å². The first-order valence-electron chi connectivity index (χ1n) is 5.79. The van der Waals surface area contributed by atoms with Crippen LogP contribution in [-0.2, 0) is 4.79 Å². The van der Waals surface area contributed by atoms with E-state index in [4.69, 9.17) is 5.11 Å². The topological polar surface area (TPSA) is 66.3 Å². The van der Waals surface area contributed by atoms with Gasteiger partial charge in [0.25, 0.3) is 0 Å². The number of hydrogen-bond acceptors (Lipinski definition) is 4. The fourth-order valence-corrected chi connectivity index (χ4v) is 1.76. The number of aliphatic carboxylic acids is 1. The van der Waals surface area contributed by atoms with Gasteiger partial charge in [0.2, 0.25) is 0 Å². The second-order valence-electron chi connectivity index (χ2n) is 4.13. The lowest BCUT2D eigenvalue weighted by Crippen LogP contribution is -2.39. The van der Waals surface area contributed by atoms with Crippen LogP contribution in [0.25, 0.3) is 0 Å². The molecule has 0 saturated heterocycles. The van der Waals surface area contributed by atoms with Crippen LogP contribution in [-0.4, -0.2) is 38.5 Å². The maximum absolute atomic E-state index is 10.9. The van der Waals surface area contributed by atoms with Crippen molar-refractivity contribution < 1.29 is 9.90 Å². The molecule has 0 aliphatic carbocycles. The molecule has 0 aliphatic heterocycles. The van der Waals surface area contributed by atoms with E-state index in [0.29, 0.717) is 0 Å². The van der Waals surface area contributed by atoms with Gasteiger partial charge >= 0.3 is 5.97 Å². The molecule has 1 N–H and O–H groups in total. The van der Waals surface area contributed by atoms with Crippen molar-refractivity contribution in [3.63, 3.8) is 0 Å². The zero-order valence-electron chi connectivity index (χ0n) is 10.5. The number of carboxylic acids is 1. The summed E-state index contributed by atoms with van der Waals surface area (Å²) in [6, 6.07) is 0.151. The summed E-state index contributed by atoms with van der Waals surface area (Å²) in [6.45, 7) is 6.05. The van der Waals surface area contributed by atoms with Crippen molar-refractivity contribution in [1.82, 2.24) is 14.9 Å². The van der Waals surface area contributed by atoms with E-state index in [-0.39, 0.29) is 18.6 Å². The van der Waals surface area contributed by atoms with Crippen molar-refractivity contribution in [1.29, 1.82) is 0 Å². The van der Waals surface area contributed by atoms with Crippen LogP contribution >= 0.6 is 0 Å². The van der Waals surface area contributed by atoms with Crippen LogP contribution in [0.5, 0.6) is 0 Å². The maximum atomic E-state index is 10.9. The molecule has 0 saturated carbocycles. The quantitative estimate of drug-likeness (QED) is 0.816. The zero-order valence-corrected chi connectivity index (χ0v) is 10.5. The highest BCUT2D eigenvalue weighted by Gasteiger charge is 2.23. The molecule has 1 heterocycles. The summed E-state index contributed by atoms with van der Waals surface area (Å²) in [5.41, 5.74) is 0.800. The third-order valence-electron chi connectivity index (χ3n) is 2.98. The summed E-state index contributed by atoms with van der Waals surface area (Å²) in [5.74, 6) is -0.818. The standard InChI is InChI=1S/C12H19N3O2/c1-4-9(2)15(8-12(16)17)10(3)11-7-13-5-6-14-11/h5-7,9-10H,4,8H2,1-3H3,(H,16,17). The van der Waals surface area contributed by atoms with Gasteiger partial charge in [-0.1, -0.05) is 6.92 Å². The molecule has 17 heavy (non-hydrogen) atoms. The third-order valence-corrected chi connectivity index (χ3v) is 2.98. The maximum Gasteiger partial charge on any atom is 0.317 e. The first-order chi connectivity index (χ1) is 8.06. The second-order valence-corrected chi connectivity index (χ2v) is 4.13. The van der Waals surface area contributed by atoms with E-state index >= 15 is 0 Å². The molecule has 0 aliphatic rings. The molecular formula is C12H19N3O2. The summed E-state index contributed by atoms with van der Waals surface area (Å²) in [6.07, 6.45) is 5.82. The van der Waals surface area contributed by atoms with Crippen molar-refractivity contribution in [2.45, 2.75) is 39.3 Å². The number of aromatic nitrogens is 2. The highest BCUT2D eigenvalue weighted by molar-refractivity contribution is 5.69. The second kappa shape index (κ2) is 6.30. The molecule has 1 aromatic heterocycles. The summed E-state index contributed by atoms with van der Waals surface area (Å²) < 4.78 is 0. The van der Waals surface area contributed by atoms with Gasteiger partial charge in [-0.2, -0.15) is 0 Å². The van der Waals surface area contributed by atoms with Crippen LogP contribution in [0.4, 0.5) is 0 Å². The van der Waals surface area contributed by atoms with Crippen LogP contribution in [0.15, 0.2) is 18.6 Å². The Morgan fingerprint density at radius 1 is 1.47 bits per heavy atom. The first kappa shape index (κ1) is 13.6. The Morgan fingerprint density at radius 3 is 2.65 bits per heavy atom. The van der Waals surface area contributed by atoms with E-state index in [1.54, 1.807) is 18.6 Å². The minimum Gasteiger partial charge on any atom is -0.480 e. The Labute approximate surface area is 102 Å². The van der Waals surface area contributed by atoms with E-state index in [0.717, 1.165) is 12.1 Å². The molecule has 5 heteroatoms. The highest BCUT2D eigenvalue weighted by atomic mass is 16.4. The van der Waals surface area contributed by atoms with Crippen LogP contribution in [0, 0.1) is 0 Å². The molecule has 2 atom stereocenters. The Hall–Kier alpha value is -1.49. The Kier molecular flexibility index (Phi) is 5.03. The Balaban J connectivity index is 2.86. The smallest absolute Gasteiger partial charge is 0.317 e. The van der Waals surface area contributed by atoms with Crippen molar-refractivity contribution in [3.05, 3.63) is 24.3 Å². The normalized spacial score (nSPS) is 14.6. The van der Waals surface area contributed by atoms with E-state index in [1.807, 2.05) is 25.7 Å². The molecular weight excluding hydrogens is 218 g/mol. The van der Waals surface area contributed by atoms with E-state index < -0.39 is 5.97 Å². The van der Waals surface area contributed by atoms with Gasteiger partial charge in [0.15, 0.2) is 0 Å². The molecule has 1 rings (SSSR count). The van der Waals surface area contributed by atoms with E-state index in [2.05, 4.69) is 9.97 Å². The van der Waals surface area contributed by atoms with Crippen molar-refractivity contribution >= 4 is 5.97 Å². The monoisotopic (exact) mass is 237 g/mol. The molecule has 0 radical (unpaired) electrons. The summed E-state index contributed by atoms with van der Waals surface area (Å²) in [4.78, 5) is 21.1. The minimum atomic E-state index is -0.818. The molecule has 0 spiro atoms. The number of nitrogens with zero attached hydrogens (tertiary/aromatic N) is 3. The van der Waals surface area contributed by atoms with Gasteiger partial charge in [-0.25, -0.2) is 0 Å². The van der Waals surface area contributed by atoms with Crippen LogP contribution < -0.4 is 0 Å². The Morgan fingerprint density at radius 2 is 2.18 bits per heavy atom. The third kappa shape index (κ3) is 3.78. The van der Waals surface area contributed by atoms with Crippen LogP contribution in [0.1, 0.15) is 38.9 Å². The fourth-order valence-electron chi connectivity index (χ4n) is 1.76. The lowest BCUT2D eigenvalue weighted by Gasteiger charge is -2.32. The van der Waals surface area contributed by atoms with Gasteiger partial charge in [0, 0.05) is 24.6 Å². The van der Waals surface area contributed by atoms with Gasteiger partial charge in [-0.15, -0.1) is 0 Å². The number of carboxylic acid groups (broad SMARTS) is 1. The molecule has 0 bridgehead atoms. The number of carbonyl (C=O) groups is 1. The molecule has 0 amide bonds. The van der Waals surface area contributed by atoms with Crippen molar-refractivity contribution in [2.75, 3.05) is 6.54 Å². The zero-order chi connectivity index (χ0) is 12.8. The van der Waals surface area contributed by atoms with Crippen molar-refractivity contribution in [2.24, 2.45) is 0 Å². The van der Waals surface area contributed by atoms with E-state index in [9.17, 15) is 4.79 Å². The van der Waals surface area contributed by atoms with Gasteiger partial charge in [0.1, 0.15) is 0 Å². The van der Waals surface area contributed by atoms with Crippen LogP contribution in [0.2, 0.25) is 0 Å². The first-order valence-corrected chi connectivity index (χ1v) is 5.79. The SMILES string of the molecule is CCC(C)N(CC(=O)O)C(C)c1cnccn1. The highest BCUT2D eigenvalue weighted by Crippen LogP contribution is 2.20. The van der Waals surface area contributed by atoms with Gasteiger partial charge < -0.3 is 5.11 Å². The number of rotatable bonds is 6. The van der Waals surface area contributed by atoms with Crippen LogP contribution in [0.3, 0.4) is 0 Å².